The van der Waals surface area contributed by atoms with Gasteiger partial charge in [-0.2, -0.15) is 0 Å². The first-order valence-electron chi connectivity index (χ1n) is 10.1. The van der Waals surface area contributed by atoms with Crippen LogP contribution in [0.2, 0.25) is 0 Å². The van der Waals surface area contributed by atoms with Crippen molar-refractivity contribution in [3.05, 3.63) is 59.1 Å². The first-order valence-corrected chi connectivity index (χ1v) is 10.1. The molecule has 1 fully saturated rings. The van der Waals surface area contributed by atoms with Crippen LogP contribution in [0.1, 0.15) is 56.2 Å². The number of nitrogens with zero attached hydrogens (tertiary/aromatic N) is 1. The van der Waals surface area contributed by atoms with Crippen molar-refractivity contribution in [3.63, 3.8) is 0 Å². The SMILES string of the molecule is CCCCCN1C(=O)C(=O)/C(=C(\O)c2cccc(OCC)c2)C1c1ccc(C)o1. The van der Waals surface area contributed by atoms with Gasteiger partial charge in [-0.15, -0.1) is 0 Å². The molecule has 1 amide bonds. The van der Waals surface area contributed by atoms with E-state index in [1.165, 1.54) is 4.90 Å². The number of ether oxygens (including phenoxy) is 1. The van der Waals surface area contributed by atoms with E-state index in [9.17, 15) is 14.7 Å². The first-order chi connectivity index (χ1) is 14.0. The van der Waals surface area contributed by atoms with Gasteiger partial charge in [0.05, 0.1) is 12.2 Å². The highest BCUT2D eigenvalue weighted by Crippen LogP contribution is 2.40. The van der Waals surface area contributed by atoms with E-state index in [1.807, 2.05) is 6.92 Å². The fraction of sp³-hybridized carbons (Fsp3) is 0.391. The minimum Gasteiger partial charge on any atom is -0.507 e. The highest BCUT2D eigenvalue weighted by molar-refractivity contribution is 6.46. The normalized spacial score (nSPS) is 18.4. The highest BCUT2D eigenvalue weighted by atomic mass is 16.5. The molecule has 1 aromatic heterocycles. The Balaban J connectivity index is 2.08. The Morgan fingerprint density at radius 1 is 1.17 bits per heavy atom. The maximum Gasteiger partial charge on any atom is 0.295 e. The smallest absolute Gasteiger partial charge is 0.295 e. The third kappa shape index (κ3) is 4.21. The summed E-state index contributed by atoms with van der Waals surface area (Å²) in [5.41, 5.74) is 0.477. The Morgan fingerprint density at radius 2 is 1.97 bits per heavy atom. The van der Waals surface area contributed by atoms with Gasteiger partial charge in [0.1, 0.15) is 29.1 Å². The second kappa shape index (κ2) is 8.99. The molecule has 6 nitrogen and oxygen atoms in total. The number of benzene rings is 1. The van der Waals surface area contributed by atoms with Gasteiger partial charge in [0.2, 0.25) is 0 Å². The van der Waals surface area contributed by atoms with Crippen molar-refractivity contribution in [2.24, 2.45) is 0 Å². The summed E-state index contributed by atoms with van der Waals surface area (Å²) in [6.07, 6.45) is 2.72. The monoisotopic (exact) mass is 397 g/mol. The fourth-order valence-corrected chi connectivity index (χ4v) is 3.59. The average molecular weight is 397 g/mol. The van der Waals surface area contributed by atoms with Crippen molar-refractivity contribution in [1.29, 1.82) is 0 Å². The Hall–Kier alpha value is -3.02. The average Bonchev–Trinajstić information content (AvgIpc) is 3.24. The van der Waals surface area contributed by atoms with Crippen LogP contribution in [0.15, 0.2) is 46.4 Å². The standard InChI is InChI=1S/C23H27NO5/c1-4-6-7-13-24-20(18-12-11-15(3)29-18)19(22(26)23(24)27)21(25)16-9-8-10-17(14-16)28-5-2/h8-12,14,20,25H,4-7,13H2,1-3H3/b21-19-. The molecule has 1 aliphatic heterocycles. The number of hydrogen-bond acceptors (Lipinski definition) is 5. The molecule has 2 heterocycles. The largest absolute Gasteiger partial charge is 0.507 e. The number of hydrogen-bond donors (Lipinski definition) is 1. The molecule has 0 spiro atoms. The van der Waals surface area contributed by atoms with Crippen molar-refractivity contribution in [2.45, 2.75) is 46.1 Å². The minimum atomic E-state index is -0.740. The zero-order chi connectivity index (χ0) is 21.0. The fourth-order valence-electron chi connectivity index (χ4n) is 3.59. The molecule has 1 aromatic carbocycles. The van der Waals surface area contributed by atoms with Gasteiger partial charge in [-0.1, -0.05) is 31.9 Å². The van der Waals surface area contributed by atoms with Crippen LogP contribution in [-0.4, -0.2) is 34.8 Å². The summed E-state index contributed by atoms with van der Waals surface area (Å²) in [7, 11) is 0. The first kappa shape index (κ1) is 20.7. The highest BCUT2D eigenvalue weighted by Gasteiger charge is 2.47. The summed E-state index contributed by atoms with van der Waals surface area (Å²) < 4.78 is 11.3. The van der Waals surface area contributed by atoms with E-state index in [0.29, 0.717) is 36.0 Å². The van der Waals surface area contributed by atoms with Gasteiger partial charge in [-0.3, -0.25) is 9.59 Å². The second-order valence-corrected chi connectivity index (χ2v) is 7.11. The van der Waals surface area contributed by atoms with Gasteiger partial charge in [0.15, 0.2) is 0 Å². The lowest BCUT2D eigenvalue weighted by molar-refractivity contribution is -0.140. The van der Waals surface area contributed by atoms with Crippen molar-refractivity contribution in [1.82, 2.24) is 4.90 Å². The molecule has 2 aromatic rings. The van der Waals surface area contributed by atoms with E-state index in [1.54, 1.807) is 43.3 Å². The number of amides is 1. The number of aliphatic hydroxyl groups is 1. The quantitative estimate of drug-likeness (QED) is 0.305. The van der Waals surface area contributed by atoms with E-state index in [2.05, 4.69) is 6.92 Å². The van der Waals surface area contributed by atoms with Crippen LogP contribution in [0.5, 0.6) is 5.75 Å². The number of aryl methyl sites for hydroxylation is 1. The maximum absolute atomic E-state index is 12.9. The molecule has 3 rings (SSSR count). The number of unbranched alkanes of at least 4 members (excludes halogenated alkanes) is 2. The Kier molecular flexibility index (Phi) is 6.42. The van der Waals surface area contributed by atoms with Crippen LogP contribution >= 0.6 is 0 Å². The molecule has 0 bridgehead atoms. The van der Waals surface area contributed by atoms with Crippen molar-refractivity contribution in [2.75, 3.05) is 13.2 Å². The van der Waals surface area contributed by atoms with Gasteiger partial charge in [-0.05, 0) is 44.5 Å². The van der Waals surface area contributed by atoms with E-state index in [4.69, 9.17) is 9.15 Å². The molecule has 1 unspecified atom stereocenters. The van der Waals surface area contributed by atoms with Crippen LogP contribution in [0.4, 0.5) is 0 Å². The number of carbonyl (C=O) groups excluding carboxylic acids is 2. The predicted molar refractivity (Wildman–Crippen MR) is 110 cm³/mol. The molecule has 6 heteroatoms. The van der Waals surface area contributed by atoms with Gasteiger partial charge in [0, 0.05) is 12.1 Å². The van der Waals surface area contributed by atoms with E-state index in [0.717, 1.165) is 19.3 Å². The van der Waals surface area contributed by atoms with Gasteiger partial charge < -0.3 is 19.2 Å². The van der Waals surface area contributed by atoms with Crippen molar-refractivity contribution >= 4 is 17.4 Å². The number of likely N-dealkylation sites (tertiary alicyclic amines) is 1. The molecule has 0 radical (unpaired) electrons. The molecule has 29 heavy (non-hydrogen) atoms. The molecule has 1 N–H and O–H groups in total. The zero-order valence-electron chi connectivity index (χ0n) is 17.1. The number of ketones is 1. The summed E-state index contributed by atoms with van der Waals surface area (Å²) in [5.74, 6) is 0.210. The van der Waals surface area contributed by atoms with Crippen LogP contribution in [0, 0.1) is 6.92 Å². The summed E-state index contributed by atoms with van der Waals surface area (Å²) in [4.78, 5) is 27.2. The Morgan fingerprint density at radius 3 is 2.62 bits per heavy atom. The Bertz CT molecular complexity index is 927. The van der Waals surface area contributed by atoms with Crippen molar-refractivity contribution < 1.29 is 23.8 Å². The second-order valence-electron chi connectivity index (χ2n) is 7.11. The third-order valence-electron chi connectivity index (χ3n) is 4.99. The van der Waals surface area contributed by atoms with Gasteiger partial charge in [0.25, 0.3) is 11.7 Å². The van der Waals surface area contributed by atoms with E-state index in [-0.39, 0.29) is 11.3 Å². The van der Waals surface area contributed by atoms with Crippen LogP contribution in [-0.2, 0) is 9.59 Å². The third-order valence-corrected chi connectivity index (χ3v) is 4.99. The molecule has 0 saturated carbocycles. The molecule has 1 aliphatic rings. The Labute approximate surface area is 170 Å². The number of furan rings is 1. The molecule has 0 aliphatic carbocycles. The number of rotatable bonds is 8. The number of Topliss-reactive ketones (excluding diaryl/α,β-unsaturated/α-hetero) is 1. The molecule has 1 atom stereocenters. The lowest BCUT2D eigenvalue weighted by Gasteiger charge is -2.23. The van der Waals surface area contributed by atoms with E-state index < -0.39 is 17.7 Å². The summed E-state index contributed by atoms with van der Waals surface area (Å²) in [6.45, 7) is 6.66. The van der Waals surface area contributed by atoms with Gasteiger partial charge in [-0.25, -0.2) is 0 Å². The van der Waals surface area contributed by atoms with Gasteiger partial charge >= 0.3 is 0 Å². The zero-order valence-corrected chi connectivity index (χ0v) is 17.1. The van der Waals surface area contributed by atoms with Crippen LogP contribution in [0.3, 0.4) is 0 Å². The molecular formula is C23H27NO5. The lowest BCUT2D eigenvalue weighted by atomic mass is 9.99. The maximum atomic E-state index is 12.9. The molecular weight excluding hydrogens is 370 g/mol. The summed E-state index contributed by atoms with van der Waals surface area (Å²) in [5, 5.41) is 11.0. The number of carbonyl (C=O) groups is 2. The van der Waals surface area contributed by atoms with E-state index >= 15 is 0 Å². The van der Waals surface area contributed by atoms with Crippen LogP contribution in [0.25, 0.3) is 5.76 Å². The van der Waals surface area contributed by atoms with Crippen LogP contribution < -0.4 is 4.74 Å². The summed E-state index contributed by atoms with van der Waals surface area (Å²) in [6, 6.07) is 9.66. The minimum absolute atomic E-state index is 0.0505. The predicted octanol–water partition coefficient (Wildman–Crippen LogP) is 4.60. The topological polar surface area (TPSA) is 80.0 Å². The lowest BCUT2D eigenvalue weighted by Crippen LogP contribution is -2.30. The number of aliphatic hydroxyl groups excluding tert-OH is 1. The summed E-state index contributed by atoms with van der Waals surface area (Å²) >= 11 is 0. The molecule has 1 saturated heterocycles. The molecule has 154 valence electrons. The van der Waals surface area contributed by atoms with Crippen molar-refractivity contribution in [3.8, 4) is 5.75 Å².